The van der Waals surface area contributed by atoms with Crippen LogP contribution in [0.3, 0.4) is 0 Å². The molecule has 6 nitrogen and oxygen atoms in total. The quantitative estimate of drug-likeness (QED) is 0.630. The number of benzene rings is 2. The van der Waals surface area contributed by atoms with Crippen LogP contribution >= 0.6 is 0 Å². The molecule has 30 heavy (non-hydrogen) atoms. The summed E-state index contributed by atoms with van der Waals surface area (Å²) in [4.78, 5) is 5.02. The van der Waals surface area contributed by atoms with Crippen LogP contribution in [-0.4, -0.2) is 62.2 Å². The van der Waals surface area contributed by atoms with Crippen molar-refractivity contribution >= 4 is 0 Å². The van der Waals surface area contributed by atoms with Gasteiger partial charge in [0, 0.05) is 32.2 Å². The molecule has 0 radical (unpaired) electrons. The summed E-state index contributed by atoms with van der Waals surface area (Å²) in [5.74, 6) is 0.572. The van der Waals surface area contributed by atoms with E-state index in [9.17, 15) is 4.39 Å². The van der Waals surface area contributed by atoms with Crippen LogP contribution in [0.15, 0.2) is 54.6 Å². The van der Waals surface area contributed by atoms with Gasteiger partial charge in [-0.15, -0.1) is 5.10 Å². The average molecular weight is 407 g/mol. The van der Waals surface area contributed by atoms with Gasteiger partial charge in [-0.1, -0.05) is 42.5 Å². The fraction of sp³-hybridized carbons (Fsp3) is 0.435. The van der Waals surface area contributed by atoms with E-state index in [1.165, 1.54) is 31.0 Å². The maximum atomic E-state index is 14.1. The van der Waals surface area contributed by atoms with E-state index in [2.05, 4.69) is 37.5 Å². The molecule has 0 aliphatic carbocycles. The van der Waals surface area contributed by atoms with Gasteiger partial charge < -0.3 is 0 Å². The first-order chi connectivity index (χ1) is 14.8. The Kier molecular flexibility index (Phi) is 5.55. The summed E-state index contributed by atoms with van der Waals surface area (Å²) in [5.41, 5.74) is 2.16. The first kappa shape index (κ1) is 19.3. The van der Waals surface area contributed by atoms with Crippen molar-refractivity contribution in [3.8, 4) is 0 Å². The van der Waals surface area contributed by atoms with Gasteiger partial charge in [0.05, 0.1) is 6.04 Å². The molecule has 3 aromatic rings. The topological polar surface area (TPSA) is 50.1 Å². The van der Waals surface area contributed by atoms with Gasteiger partial charge in [-0.25, -0.2) is 9.07 Å². The lowest BCUT2D eigenvalue weighted by atomic mass is 10.0. The zero-order chi connectivity index (χ0) is 20.3. The third kappa shape index (κ3) is 4.00. The number of aryl methyl sites for hydroxylation is 2. The van der Waals surface area contributed by atoms with E-state index in [0.29, 0.717) is 12.6 Å². The fourth-order valence-electron chi connectivity index (χ4n) is 4.90. The van der Waals surface area contributed by atoms with Crippen molar-refractivity contribution in [3.05, 3.63) is 77.4 Å². The van der Waals surface area contributed by atoms with Gasteiger partial charge in [-0.3, -0.25) is 9.80 Å². The van der Waals surface area contributed by atoms with Crippen molar-refractivity contribution in [2.24, 2.45) is 0 Å². The largest absolute Gasteiger partial charge is 0.298 e. The lowest BCUT2D eigenvalue weighted by molar-refractivity contribution is 0.0792. The molecule has 1 aromatic heterocycles. The standard InChI is InChI=1S/C23H27FN6/c24-20-9-4-8-19(16-20)22(29-15-14-28-12-5-10-21(28)17-29)23-25-26-27-30(23)13-11-18-6-2-1-3-7-18/h1-4,6-9,16,21-22H,5,10-15,17H2. The maximum Gasteiger partial charge on any atom is 0.173 e. The fourth-order valence-corrected chi connectivity index (χ4v) is 4.90. The third-order valence-corrected chi connectivity index (χ3v) is 6.41. The maximum absolute atomic E-state index is 14.1. The lowest BCUT2D eigenvalue weighted by Gasteiger charge is -2.41. The highest BCUT2D eigenvalue weighted by Gasteiger charge is 2.36. The van der Waals surface area contributed by atoms with Gasteiger partial charge in [0.15, 0.2) is 5.82 Å². The van der Waals surface area contributed by atoms with E-state index in [1.807, 2.05) is 28.9 Å². The molecule has 2 saturated heterocycles. The summed E-state index contributed by atoms with van der Waals surface area (Å²) < 4.78 is 16.0. The van der Waals surface area contributed by atoms with E-state index in [0.717, 1.165) is 37.4 Å². The Bertz CT molecular complexity index is 975. The van der Waals surface area contributed by atoms with Gasteiger partial charge in [0.2, 0.25) is 0 Å². The zero-order valence-electron chi connectivity index (χ0n) is 17.1. The number of hydrogen-bond donors (Lipinski definition) is 0. The molecule has 156 valence electrons. The molecule has 2 aliphatic heterocycles. The minimum Gasteiger partial charge on any atom is -0.298 e. The van der Waals surface area contributed by atoms with Crippen molar-refractivity contribution < 1.29 is 4.39 Å². The van der Waals surface area contributed by atoms with Crippen molar-refractivity contribution in [2.75, 3.05) is 26.2 Å². The van der Waals surface area contributed by atoms with Crippen molar-refractivity contribution in [3.63, 3.8) is 0 Å². The molecule has 2 unspecified atom stereocenters. The van der Waals surface area contributed by atoms with Gasteiger partial charge in [0.1, 0.15) is 5.82 Å². The minimum atomic E-state index is -0.222. The first-order valence-corrected chi connectivity index (χ1v) is 10.8. The smallest absolute Gasteiger partial charge is 0.173 e. The van der Waals surface area contributed by atoms with Gasteiger partial charge in [-0.05, 0) is 59.5 Å². The summed E-state index contributed by atoms with van der Waals surface area (Å²) in [7, 11) is 0. The molecule has 0 saturated carbocycles. The molecule has 7 heteroatoms. The molecule has 0 amide bonds. The van der Waals surface area contributed by atoms with E-state index >= 15 is 0 Å². The van der Waals surface area contributed by atoms with Crippen LogP contribution in [-0.2, 0) is 13.0 Å². The minimum absolute atomic E-state index is 0.144. The molecular formula is C23H27FN6. The van der Waals surface area contributed by atoms with E-state index in [1.54, 1.807) is 12.1 Å². The number of hydrogen-bond acceptors (Lipinski definition) is 5. The second-order valence-electron chi connectivity index (χ2n) is 8.28. The SMILES string of the molecule is Fc1cccc(C(c2nnnn2CCc2ccccc2)N2CCN3CCCC3C2)c1. The van der Waals surface area contributed by atoms with Gasteiger partial charge in [-0.2, -0.15) is 0 Å². The molecule has 2 fully saturated rings. The number of halogens is 1. The first-order valence-electron chi connectivity index (χ1n) is 10.8. The Labute approximate surface area is 176 Å². The van der Waals surface area contributed by atoms with Crippen LogP contribution in [0.25, 0.3) is 0 Å². The van der Waals surface area contributed by atoms with E-state index < -0.39 is 0 Å². The summed E-state index contributed by atoms with van der Waals surface area (Å²) in [5, 5.41) is 12.7. The predicted octanol–water partition coefficient (Wildman–Crippen LogP) is 2.92. The molecule has 5 rings (SSSR count). The van der Waals surface area contributed by atoms with E-state index in [-0.39, 0.29) is 11.9 Å². The third-order valence-electron chi connectivity index (χ3n) is 6.41. The number of piperazine rings is 1. The van der Waals surface area contributed by atoms with Crippen LogP contribution in [0.5, 0.6) is 0 Å². The Morgan fingerprint density at radius 2 is 1.93 bits per heavy atom. The summed E-state index contributed by atoms with van der Waals surface area (Å²) in [6.45, 7) is 4.83. The van der Waals surface area contributed by atoms with Crippen molar-refractivity contribution in [1.29, 1.82) is 0 Å². The van der Waals surface area contributed by atoms with E-state index in [4.69, 9.17) is 0 Å². The molecule has 2 aliphatic rings. The van der Waals surface area contributed by atoms with Crippen molar-refractivity contribution in [2.45, 2.75) is 37.9 Å². The van der Waals surface area contributed by atoms with Crippen LogP contribution in [0.1, 0.15) is 35.8 Å². The van der Waals surface area contributed by atoms with Crippen LogP contribution in [0.2, 0.25) is 0 Å². The molecule has 0 bridgehead atoms. The Hall–Kier alpha value is -2.64. The van der Waals surface area contributed by atoms with Crippen LogP contribution in [0.4, 0.5) is 4.39 Å². The Balaban J connectivity index is 1.44. The highest BCUT2D eigenvalue weighted by Crippen LogP contribution is 2.32. The molecule has 0 N–H and O–H groups in total. The number of aromatic nitrogens is 4. The van der Waals surface area contributed by atoms with Crippen molar-refractivity contribution in [1.82, 2.24) is 30.0 Å². The number of nitrogens with zero attached hydrogens (tertiary/aromatic N) is 6. The van der Waals surface area contributed by atoms with Gasteiger partial charge in [0.25, 0.3) is 0 Å². The second-order valence-corrected chi connectivity index (χ2v) is 8.28. The predicted molar refractivity (Wildman–Crippen MR) is 112 cm³/mol. The monoisotopic (exact) mass is 406 g/mol. The highest BCUT2D eigenvalue weighted by atomic mass is 19.1. The lowest BCUT2D eigenvalue weighted by Crippen LogP contribution is -2.51. The molecular weight excluding hydrogens is 379 g/mol. The summed E-state index contributed by atoms with van der Waals surface area (Å²) in [6, 6.07) is 17.7. The zero-order valence-corrected chi connectivity index (χ0v) is 17.1. The Morgan fingerprint density at radius 3 is 2.80 bits per heavy atom. The number of fused-ring (bicyclic) bond motifs is 1. The Morgan fingerprint density at radius 1 is 1.03 bits per heavy atom. The second kappa shape index (κ2) is 8.62. The molecule has 0 spiro atoms. The van der Waals surface area contributed by atoms with Crippen LogP contribution in [0, 0.1) is 5.82 Å². The molecule has 2 aromatic carbocycles. The molecule has 3 heterocycles. The summed E-state index contributed by atoms with van der Waals surface area (Å²) >= 11 is 0. The summed E-state index contributed by atoms with van der Waals surface area (Å²) in [6.07, 6.45) is 3.34. The van der Waals surface area contributed by atoms with Gasteiger partial charge >= 0.3 is 0 Å². The number of rotatable bonds is 6. The normalized spacial score (nSPS) is 20.9. The van der Waals surface area contributed by atoms with Crippen LogP contribution < -0.4 is 0 Å². The average Bonchev–Trinajstić information content (AvgIpc) is 3.42. The molecule has 2 atom stereocenters. The highest BCUT2D eigenvalue weighted by molar-refractivity contribution is 5.26. The number of tetrazole rings is 1.